The van der Waals surface area contributed by atoms with Gasteiger partial charge in [0.05, 0.1) is 21.6 Å². The van der Waals surface area contributed by atoms with E-state index in [1.165, 1.54) is 0 Å². The Morgan fingerprint density at radius 3 is 2.86 bits per heavy atom. The summed E-state index contributed by atoms with van der Waals surface area (Å²) in [6.45, 7) is 2.01. The van der Waals surface area contributed by atoms with Crippen LogP contribution in [0, 0.1) is 0 Å². The van der Waals surface area contributed by atoms with Crippen molar-refractivity contribution in [2.24, 2.45) is 0 Å². The second-order valence-corrected chi connectivity index (χ2v) is 5.82. The van der Waals surface area contributed by atoms with Crippen LogP contribution in [0.4, 0.5) is 0 Å². The zero-order valence-electron chi connectivity index (χ0n) is 11.5. The van der Waals surface area contributed by atoms with Gasteiger partial charge in [-0.25, -0.2) is 9.38 Å². The average Bonchev–Trinajstić information content (AvgIpc) is 3.14. The molecule has 0 radical (unpaired) electrons. The maximum absolute atomic E-state index is 12.9. The SMILES string of the molecule is CCc1c(-c2cccs2)[nH]c2nc3ccccc3n2c1=O. The van der Waals surface area contributed by atoms with E-state index < -0.39 is 0 Å². The molecule has 4 nitrogen and oxygen atoms in total. The van der Waals surface area contributed by atoms with Gasteiger partial charge < -0.3 is 4.98 Å². The van der Waals surface area contributed by atoms with Crippen LogP contribution in [-0.4, -0.2) is 14.4 Å². The van der Waals surface area contributed by atoms with Gasteiger partial charge in [-0.1, -0.05) is 25.1 Å². The summed E-state index contributed by atoms with van der Waals surface area (Å²) in [6, 6.07) is 11.7. The van der Waals surface area contributed by atoms with Gasteiger partial charge >= 0.3 is 0 Å². The van der Waals surface area contributed by atoms with E-state index in [2.05, 4.69) is 9.97 Å². The zero-order chi connectivity index (χ0) is 14.4. The largest absolute Gasteiger partial charge is 0.324 e. The number of nitrogens with one attached hydrogen (secondary N) is 1. The summed E-state index contributed by atoms with van der Waals surface area (Å²) in [5.41, 5.74) is 3.38. The molecule has 0 aliphatic carbocycles. The van der Waals surface area contributed by atoms with Crippen LogP contribution in [-0.2, 0) is 6.42 Å². The molecule has 0 spiro atoms. The summed E-state index contributed by atoms with van der Waals surface area (Å²) in [4.78, 5) is 21.8. The molecule has 21 heavy (non-hydrogen) atoms. The second kappa shape index (κ2) is 4.56. The topological polar surface area (TPSA) is 50.2 Å². The summed E-state index contributed by atoms with van der Waals surface area (Å²) in [5, 5.41) is 2.01. The Balaban J connectivity index is 2.18. The molecule has 1 aromatic carbocycles. The number of aromatic nitrogens is 3. The van der Waals surface area contributed by atoms with Gasteiger partial charge in [-0.15, -0.1) is 11.3 Å². The highest BCUT2D eigenvalue weighted by atomic mass is 32.1. The number of rotatable bonds is 2. The van der Waals surface area contributed by atoms with Crippen molar-refractivity contribution < 1.29 is 0 Å². The van der Waals surface area contributed by atoms with Crippen molar-refractivity contribution in [1.82, 2.24) is 14.4 Å². The molecule has 0 saturated heterocycles. The van der Waals surface area contributed by atoms with Crippen LogP contribution in [0.5, 0.6) is 0 Å². The number of thiophene rings is 1. The molecule has 4 aromatic rings. The average molecular weight is 295 g/mol. The molecule has 0 saturated carbocycles. The molecular weight excluding hydrogens is 282 g/mol. The van der Waals surface area contributed by atoms with Gasteiger partial charge in [0.15, 0.2) is 0 Å². The van der Waals surface area contributed by atoms with Gasteiger partial charge in [0, 0.05) is 5.56 Å². The predicted molar refractivity (Wildman–Crippen MR) is 86.0 cm³/mol. The number of aromatic amines is 1. The number of hydrogen-bond acceptors (Lipinski definition) is 3. The highest BCUT2D eigenvalue weighted by Gasteiger charge is 2.15. The highest BCUT2D eigenvalue weighted by Crippen LogP contribution is 2.26. The van der Waals surface area contributed by atoms with E-state index in [9.17, 15) is 4.79 Å². The standard InChI is InChI=1S/C16H13N3OS/c1-2-10-14(13-8-5-9-21-13)18-16-17-11-6-3-4-7-12(11)19(16)15(10)20/h3-9H,2H2,1H3,(H,17,18). The Labute approximate surface area is 124 Å². The lowest BCUT2D eigenvalue weighted by molar-refractivity contribution is 0.994. The fraction of sp³-hybridized carbons (Fsp3) is 0.125. The Hall–Kier alpha value is -2.40. The first-order valence-corrected chi connectivity index (χ1v) is 7.73. The lowest BCUT2D eigenvalue weighted by atomic mass is 10.1. The van der Waals surface area contributed by atoms with Crippen molar-refractivity contribution in [3.63, 3.8) is 0 Å². The van der Waals surface area contributed by atoms with Crippen LogP contribution in [0.15, 0.2) is 46.6 Å². The fourth-order valence-electron chi connectivity index (χ4n) is 2.70. The predicted octanol–water partition coefficient (Wildman–Crippen LogP) is 3.47. The maximum Gasteiger partial charge on any atom is 0.263 e. The van der Waals surface area contributed by atoms with Crippen molar-refractivity contribution in [2.45, 2.75) is 13.3 Å². The van der Waals surface area contributed by atoms with Gasteiger partial charge in [-0.05, 0) is 30.0 Å². The minimum Gasteiger partial charge on any atom is -0.324 e. The molecule has 0 unspecified atom stereocenters. The summed E-state index contributed by atoms with van der Waals surface area (Å²) in [5.74, 6) is 0.599. The van der Waals surface area contributed by atoms with E-state index >= 15 is 0 Å². The molecule has 3 aromatic heterocycles. The molecule has 104 valence electrons. The van der Waals surface area contributed by atoms with Crippen molar-refractivity contribution in [3.05, 3.63) is 57.7 Å². The molecule has 0 bridgehead atoms. The Morgan fingerprint density at radius 1 is 1.24 bits per heavy atom. The summed E-state index contributed by atoms with van der Waals surface area (Å²) >= 11 is 1.62. The smallest absolute Gasteiger partial charge is 0.263 e. The van der Waals surface area contributed by atoms with Crippen molar-refractivity contribution in [3.8, 4) is 10.6 Å². The van der Waals surface area contributed by atoms with Crippen LogP contribution in [0.25, 0.3) is 27.4 Å². The third kappa shape index (κ3) is 1.74. The van der Waals surface area contributed by atoms with Gasteiger partial charge in [0.2, 0.25) is 5.78 Å². The molecular formula is C16H13N3OS. The number of para-hydroxylation sites is 2. The molecule has 0 aliphatic heterocycles. The minimum absolute atomic E-state index is 0.0170. The number of nitrogens with zero attached hydrogens (tertiary/aromatic N) is 2. The minimum atomic E-state index is 0.0170. The Morgan fingerprint density at radius 2 is 2.10 bits per heavy atom. The van der Waals surface area contributed by atoms with E-state index in [-0.39, 0.29) is 5.56 Å². The van der Waals surface area contributed by atoms with Crippen LogP contribution < -0.4 is 5.56 Å². The van der Waals surface area contributed by atoms with E-state index in [1.54, 1.807) is 15.7 Å². The number of H-pyrrole nitrogens is 1. The van der Waals surface area contributed by atoms with Crippen LogP contribution in [0.1, 0.15) is 12.5 Å². The second-order valence-electron chi connectivity index (χ2n) is 4.87. The van der Waals surface area contributed by atoms with Crippen molar-refractivity contribution in [2.75, 3.05) is 0 Å². The Bertz CT molecular complexity index is 996. The third-order valence-corrected chi connectivity index (χ3v) is 4.57. The van der Waals surface area contributed by atoms with Gasteiger partial charge in [0.25, 0.3) is 5.56 Å². The molecule has 0 fully saturated rings. The summed E-state index contributed by atoms with van der Waals surface area (Å²) in [6.07, 6.45) is 0.686. The van der Waals surface area contributed by atoms with Crippen molar-refractivity contribution >= 4 is 28.1 Å². The first kappa shape index (κ1) is 12.3. The first-order valence-electron chi connectivity index (χ1n) is 6.86. The number of imidazole rings is 1. The Kier molecular flexibility index (Phi) is 2.68. The number of hydrogen-bond donors (Lipinski definition) is 1. The van der Waals surface area contributed by atoms with E-state index in [1.807, 2.05) is 48.7 Å². The lowest BCUT2D eigenvalue weighted by Gasteiger charge is -2.07. The molecule has 0 amide bonds. The molecule has 5 heteroatoms. The van der Waals surface area contributed by atoms with Crippen LogP contribution in [0.3, 0.4) is 0 Å². The van der Waals surface area contributed by atoms with Gasteiger partial charge in [-0.2, -0.15) is 0 Å². The van der Waals surface area contributed by atoms with E-state index in [4.69, 9.17) is 0 Å². The normalized spacial score (nSPS) is 11.5. The molecule has 4 rings (SSSR count). The first-order chi connectivity index (χ1) is 10.3. The quantitative estimate of drug-likeness (QED) is 0.615. The van der Waals surface area contributed by atoms with Gasteiger partial charge in [0.1, 0.15) is 0 Å². The van der Waals surface area contributed by atoms with E-state index in [0.717, 1.165) is 27.2 Å². The third-order valence-electron chi connectivity index (χ3n) is 3.68. The molecule has 1 N–H and O–H groups in total. The van der Waals surface area contributed by atoms with Gasteiger partial charge in [-0.3, -0.25) is 4.79 Å². The van der Waals surface area contributed by atoms with Crippen LogP contribution >= 0.6 is 11.3 Å². The molecule has 3 heterocycles. The number of benzene rings is 1. The van der Waals surface area contributed by atoms with E-state index in [0.29, 0.717) is 12.2 Å². The van der Waals surface area contributed by atoms with Crippen molar-refractivity contribution in [1.29, 1.82) is 0 Å². The zero-order valence-corrected chi connectivity index (χ0v) is 12.3. The van der Waals surface area contributed by atoms with Crippen LogP contribution in [0.2, 0.25) is 0 Å². The number of fused-ring (bicyclic) bond motifs is 3. The summed E-state index contributed by atoms with van der Waals surface area (Å²) < 4.78 is 1.67. The summed E-state index contributed by atoms with van der Waals surface area (Å²) in [7, 11) is 0. The fourth-order valence-corrected chi connectivity index (χ4v) is 3.46. The lowest BCUT2D eigenvalue weighted by Crippen LogP contribution is -2.19. The molecule has 0 atom stereocenters. The monoisotopic (exact) mass is 295 g/mol. The molecule has 0 aliphatic rings. The maximum atomic E-state index is 12.9. The highest BCUT2D eigenvalue weighted by molar-refractivity contribution is 7.13.